The number of carbonyl (C=O) groups excluding carboxylic acids is 2. The van der Waals surface area contributed by atoms with E-state index < -0.39 is 17.6 Å². The lowest BCUT2D eigenvalue weighted by Gasteiger charge is -2.31. The van der Waals surface area contributed by atoms with E-state index in [1.807, 2.05) is 6.92 Å². The molecule has 0 unspecified atom stereocenters. The van der Waals surface area contributed by atoms with Crippen LogP contribution in [0, 0.1) is 17.8 Å². The summed E-state index contributed by atoms with van der Waals surface area (Å²) in [7, 11) is 0. The van der Waals surface area contributed by atoms with Crippen LogP contribution in [-0.2, 0) is 14.3 Å². The van der Waals surface area contributed by atoms with Crippen LogP contribution in [0.3, 0.4) is 0 Å². The molecule has 1 saturated carbocycles. The van der Waals surface area contributed by atoms with Gasteiger partial charge < -0.3 is 9.84 Å². The van der Waals surface area contributed by atoms with Crippen molar-refractivity contribution in [1.29, 1.82) is 0 Å². The first kappa shape index (κ1) is 12.9. The summed E-state index contributed by atoms with van der Waals surface area (Å²) < 4.78 is 5.33. The molecule has 4 nitrogen and oxygen atoms in total. The van der Waals surface area contributed by atoms with Crippen molar-refractivity contribution in [2.24, 2.45) is 17.8 Å². The highest BCUT2D eigenvalue weighted by atomic mass is 16.6. The number of hydrogen-bond donors (Lipinski definition) is 1. The first-order valence-corrected chi connectivity index (χ1v) is 7.00. The molecule has 1 aliphatic heterocycles. The molecule has 2 fully saturated rings. The molecular weight excluding hydrogens is 244 g/mol. The lowest BCUT2D eigenvalue weighted by atomic mass is 9.77. The normalized spacial score (nSPS) is 45.9. The zero-order valence-electron chi connectivity index (χ0n) is 11.6. The monoisotopic (exact) mass is 264 g/mol. The van der Waals surface area contributed by atoms with Gasteiger partial charge in [0.2, 0.25) is 0 Å². The minimum atomic E-state index is -1.12. The van der Waals surface area contributed by atoms with Crippen molar-refractivity contribution >= 4 is 11.8 Å². The third kappa shape index (κ3) is 1.62. The van der Waals surface area contributed by atoms with Gasteiger partial charge in [0.15, 0.2) is 5.78 Å². The summed E-state index contributed by atoms with van der Waals surface area (Å²) in [5.74, 6) is -0.312. The largest absolute Gasteiger partial charge is 0.459 e. The molecule has 1 heterocycles. The molecule has 0 radical (unpaired) electrons. The average Bonchev–Trinajstić information content (AvgIpc) is 2.65. The second-order valence-electron chi connectivity index (χ2n) is 6.45. The fraction of sp³-hybridized carbons (Fsp3) is 0.733. The van der Waals surface area contributed by atoms with Gasteiger partial charge in [0.05, 0.1) is 5.92 Å². The van der Waals surface area contributed by atoms with Crippen LogP contribution in [0.2, 0.25) is 0 Å². The fourth-order valence-electron chi connectivity index (χ4n) is 3.99. The van der Waals surface area contributed by atoms with Gasteiger partial charge in [-0.05, 0) is 37.7 Å². The third-order valence-corrected chi connectivity index (χ3v) is 5.28. The highest BCUT2D eigenvalue weighted by Gasteiger charge is 2.58. The van der Waals surface area contributed by atoms with Gasteiger partial charge in [-0.25, -0.2) is 0 Å². The van der Waals surface area contributed by atoms with Gasteiger partial charge >= 0.3 is 5.97 Å². The maximum absolute atomic E-state index is 12.1. The van der Waals surface area contributed by atoms with Crippen molar-refractivity contribution in [2.45, 2.75) is 51.7 Å². The molecule has 1 N–H and O–H groups in total. The Labute approximate surface area is 112 Å². The zero-order chi connectivity index (χ0) is 13.9. The number of carbonyl (C=O) groups is 2. The quantitative estimate of drug-likeness (QED) is 0.675. The molecule has 0 aromatic heterocycles. The Morgan fingerprint density at radius 3 is 2.63 bits per heavy atom. The van der Waals surface area contributed by atoms with Crippen LogP contribution in [0.1, 0.15) is 40.0 Å². The Bertz CT molecular complexity index is 492. The van der Waals surface area contributed by atoms with E-state index >= 15 is 0 Å². The SMILES string of the molecule is CC1=C2C(=O)C[C@H](C)[C@@H]2C[C@@]2(O)[C@H](C)C(=O)O[C@@H]2C1. The predicted molar refractivity (Wildman–Crippen MR) is 68.2 cm³/mol. The molecule has 104 valence electrons. The van der Waals surface area contributed by atoms with E-state index in [-0.39, 0.29) is 23.6 Å². The van der Waals surface area contributed by atoms with Gasteiger partial charge in [-0.2, -0.15) is 0 Å². The second kappa shape index (κ2) is 3.92. The number of hydrogen-bond acceptors (Lipinski definition) is 4. The van der Waals surface area contributed by atoms with Crippen molar-refractivity contribution in [1.82, 2.24) is 0 Å². The van der Waals surface area contributed by atoms with Crippen LogP contribution in [0.5, 0.6) is 0 Å². The number of Topliss-reactive ketones (excluding diaryl/α,β-unsaturated/α-hetero) is 1. The minimum absolute atomic E-state index is 0.0689. The third-order valence-electron chi connectivity index (χ3n) is 5.28. The van der Waals surface area contributed by atoms with Crippen molar-refractivity contribution in [3.8, 4) is 0 Å². The minimum Gasteiger partial charge on any atom is -0.459 e. The molecule has 0 spiro atoms. The van der Waals surface area contributed by atoms with E-state index in [4.69, 9.17) is 4.74 Å². The molecule has 0 aromatic carbocycles. The Hall–Kier alpha value is -1.16. The van der Waals surface area contributed by atoms with Crippen LogP contribution in [0.25, 0.3) is 0 Å². The predicted octanol–water partition coefficient (Wildman–Crippen LogP) is 1.61. The van der Waals surface area contributed by atoms with Crippen molar-refractivity contribution in [3.63, 3.8) is 0 Å². The van der Waals surface area contributed by atoms with Crippen molar-refractivity contribution < 1.29 is 19.4 Å². The molecule has 0 bridgehead atoms. The van der Waals surface area contributed by atoms with Crippen molar-refractivity contribution in [2.75, 3.05) is 0 Å². The molecule has 0 aromatic rings. The van der Waals surface area contributed by atoms with E-state index in [1.54, 1.807) is 6.92 Å². The van der Waals surface area contributed by atoms with E-state index in [0.717, 1.165) is 11.1 Å². The number of esters is 1. The van der Waals surface area contributed by atoms with Gasteiger partial charge in [0.1, 0.15) is 11.7 Å². The van der Waals surface area contributed by atoms with Crippen LogP contribution in [0.15, 0.2) is 11.1 Å². The zero-order valence-corrected chi connectivity index (χ0v) is 11.6. The molecule has 2 aliphatic carbocycles. The molecule has 0 amide bonds. The number of fused-ring (bicyclic) bond motifs is 2. The summed E-state index contributed by atoms with van der Waals surface area (Å²) in [4.78, 5) is 23.8. The summed E-state index contributed by atoms with van der Waals surface area (Å²) in [6.07, 6.45) is 1.01. The van der Waals surface area contributed by atoms with E-state index in [9.17, 15) is 14.7 Å². The van der Waals surface area contributed by atoms with Gasteiger partial charge in [0, 0.05) is 12.8 Å². The van der Waals surface area contributed by atoms with Crippen LogP contribution < -0.4 is 0 Å². The summed E-state index contributed by atoms with van der Waals surface area (Å²) in [5, 5.41) is 10.9. The number of allylic oxidation sites excluding steroid dienone is 1. The molecular formula is C15H20O4. The highest BCUT2D eigenvalue weighted by molar-refractivity contribution is 5.99. The van der Waals surface area contributed by atoms with Crippen molar-refractivity contribution in [3.05, 3.63) is 11.1 Å². The molecule has 4 heteroatoms. The summed E-state index contributed by atoms with van der Waals surface area (Å²) in [6.45, 7) is 5.71. The van der Waals surface area contributed by atoms with E-state index in [1.165, 1.54) is 0 Å². The standard InChI is InChI=1S/C15H20O4/c1-7-4-11(16)13-8(2)5-12-15(18,6-10(7)13)9(3)14(17)19-12/h7,9-10,12,18H,4-6H2,1-3H3/t7-,9+,10-,12+,15+/m0/s1. The Balaban J connectivity index is 2.05. The van der Waals surface area contributed by atoms with Gasteiger partial charge in [0.25, 0.3) is 0 Å². The lowest BCUT2D eigenvalue weighted by molar-refractivity contribution is -0.144. The maximum atomic E-state index is 12.1. The van der Waals surface area contributed by atoms with E-state index in [0.29, 0.717) is 19.3 Å². The molecule has 5 atom stereocenters. The second-order valence-corrected chi connectivity index (χ2v) is 6.45. The highest BCUT2D eigenvalue weighted by Crippen LogP contribution is 2.50. The van der Waals surface area contributed by atoms with Gasteiger partial charge in [-0.15, -0.1) is 0 Å². The maximum Gasteiger partial charge on any atom is 0.312 e. The first-order valence-electron chi connectivity index (χ1n) is 7.00. The number of ether oxygens (including phenoxy) is 1. The topological polar surface area (TPSA) is 63.6 Å². The van der Waals surface area contributed by atoms with Crippen LogP contribution in [0.4, 0.5) is 0 Å². The average molecular weight is 264 g/mol. The van der Waals surface area contributed by atoms with Crippen LogP contribution in [-0.4, -0.2) is 28.6 Å². The number of ketones is 1. The number of aliphatic hydroxyl groups is 1. The first-order chi connectivity index (χ1) is 8.84. The van der Waals surface area contributed by atoms with Gasteiger partial charge in [-0.3, -0.25) is 9.59 Å². The van der Waals surface area contributed by atoms with Crippen LogP contribution >= 0.6 is 0 Å². The molecule has 3 rings (SSSR count). The summed E-state index contributed by atoms with van der Waals surface area (Å²) in [6, 6.07) is 0. The Morgan fingerprint density at radius 1 is 1.26 bits per heavy atom. The number of rotatable bonds is 0. The fourth-order valence-corrected chi connectivity index (χ4v) is 3.99. The van der Waals surface area contributed by atoms with Gasteiger partial charge in [-0.1, -0.05) is 12.5 Å². The lowest BCUT2D eigenvalue weighted by Crippen LogP contribution is -2.44. The van der Waals surface area contributed by atoms with E-state index in [2.05, 4.69) is 6.92 Å². The molecule has 19 heavy (non-hydrogen) atoms. The Kier molecular flexibility index (Phi) is 2.65. The molecule has 3 aliphatic rings. The molecule has 1 saturated heterocycles. The summed E-state index contributed by atoms with van der Waals surface area (Å²) >= 11 is 0. The summed E-state index contributed by atoms with van der Waals surface area (Å²) in [5.41, 5.74) is 0.754. The Morgan fingerprint density at radius 2 is 1.95 bits per heavy atom. The smallest absolute Gasteiger partial charge is 0.312 e.